The predicted molar refractivity (Wildman–Crippen MR) is 126 cm³/mol. The molecule has 160 valence electrons. The van der Waals surface area contributed by atoms with E-state index < -0.39 is 17.8 Å². The maximum Gasteiger partial charge on any atom is 0.338 e. The summed E-state index contributed by atoms with van der Waals surface area (Å²) in [6.07, 6.45) is 1.64. The number of carbonyl (C=O) groups is 1. The molecule has 0 spiro atoms. The molecular formula is C21H15BrFIN2O4S. The summed E-state index contributed by atoms with van der Waals surface area (Å²) in [6, 6.07) is 6.70. The summed E-state index contributed by atoms with van der Waals surface area (Å²) in [6.45, 7) is 3.59. The molecule has 2 aromatic heterocycles. The number of ether oxygens (including phenoxy) is 1. The summed E-state index contributed by atoms with van der Waals surface area (Å²) >= 11 is 6.63. The summed E-state index contributed by atoms with van der Waals surface area (Å²) in [5.74, 6) is -0.453. The van der Waals surface area contributed by atoms with E-state index in [-0.39, 0.29) is 17.7 Å². The van der Waals surface area contributed by atoms with E-state index >= 15 is 0 Å². The normalized spacial score (nSPS) is 16.3. The average molecular weight is 617 g/mol. The molecule has 0 amide bonds. The topological polar surface area (TPSA) is 73.8 Å². The molecule has 31 heavy (non-hydrogen) atoms. The molecule has 0 N–H and O–H groups in total. The maximum absolute atomic E-state index is 13.6. The second-order valence-electron chi connectivity index (χ2n) is 6.62. The minimum Gasteiger partial charge on any atom is -0.463 e. The first kappa shape index (κ1) is 22.2. The van der Waals surface area contributed by atoms with Crippen molar-refractivity contribution in [3.63, 3.8) is 0 Å². The summed E-state index contributed by atoms with van der Waals surface area (Å²) in [4.78, 5) is 31.1. The van der Waals surface area contributed by atoms with Crippen LogP contribution in [0.1, 0.15) is 31.2 Å². The van der Waals surface area contributed by atoms with Gasteiger partial charge in [0.1, 0.15) is 11.6 Å². The van der Waals surface area contributed by atoms with Crippen molar-refractivity contribution >= 4 is 61.9 Å². The van der Waals surface area contributed by atoms with E-state index in [1.165, 1.54) is 28.0 Å². The quantitative estimate of drug-likeness (QED) is 0.329. The lowest BCUT2D eigenvalue weighted by Crippen LogP contribution is -2.39. The van der Waals surface area contributed by atoms with Gasteiger partial charge >= 0.3 is 5.97 Å². The third kappa shape index (κ3) is 4.20. The number of hydrogen-bond acceptors (Lipinski definition) is 6. The lowest BCUT2D eigenvalue weighted by molar-refractivity contribution is -0.139. The molecule has 3 heterocycles. The van der Waals surface area contributed by atoms with Crippen LogP contribution in [0.5, 0.6) is 0 Å². The number of esters is 1. The standard InChI is InChI=1S/C21H15BrFIN2O4S/c1-3-29-20(28)16-10(2)25-21-26(17(16)11-4-6-12(23)7-5-11)19(27)15(31-21)9-13-8-14(22)18(24)30-13/h4-9,17H,3H2,1-2H3/b15-9+/t17-/m0/s1. The molecule has 0 fully saturated rings. The Morgan fingerprint density at radius 1 is 1.42 bits per heavy atom. The van der Waals surface area contributed by atoms with Crippen LogP contribution < -0.4 is 14.9 Å². The Bertz CT molecular complexity index is 1370. The number of halogens is 3. The zero-order chi connectivity index (χ0) is 22.3. The van der Waals surface area contributed by atoms with Gasteiger partial charge in [0.05, 0.1) is 32.9 Å². The average Bonchev–Trinajstić information content (AvgIpc) is 3.20. The van der Waals surface area contributed by atoms with Gasteiger partial charge in [-0.2, -0.15) is 0 Å². The molecule has 0 saturated carbocycles. The Kier molecular flexibility index (Phi) is 6.31. The number of hydrogen-bond donors (Lipinski definition) is 0. The van der Waals surface area contributed by atoms with Crippen molar-refractivity contribution in [2.24, 2.45) is 4.99 Å². The largest absolute Gasteiger partial charge is 0.463 e. The molecule has 0 unspecified atom stereocenters. The molecule has 1 aromatic carbocycles. The van der Waals surface area contributed by atoms with Crippen LogP contribution >= 0.6 is 49.9 Å². The number of furan rings is 1. The van der Waals surface area contributed by atoms with Crippen LogP contribution in [0, 0.1) is 9.58 Å². The molecule has 4 rings (SSSR count). The van der Waals surface area contributed by atoms with Crippen LogP contribution in [0.25, 0.3) is 6.08 Å². The van der Waals surface area contributed by atoms with E-state index in [4.69, 9.17) is 9.15 Å². The van der Waals surface area contributed by atoms with Gasteiger partial charge in [-0.3, -0.25) is 9.36 Å². The molecule has 10 heteroatoms. The number of aromatic nitrogens is 1. The van der Waals surface area contributed by atoms with E-state index in [2.05, 4.69) is 20.9 Å². The fraction of sp³-hybridized carbons (Fsp3) is 0.190. The molecule has 3 aromatic rings. The number of thiazole rings is 1. The lowest BCUT2D eigenvalue weighted by Gasteiger charge is -2.24. The first-order valence-electron chi connectivity index (χ1n) is 9.20. The maximum atomic E-state index is 13.6. The fourth-order valence-corrected chi connectivity index (χ4v) is 5.06. The van der Waals surface area contributed by atoms with Crippen molar-refractivity contribution in [2.45, 2.75) is 19.9 Å². The Morgan fingerprint density at radius 3 is 2.74 bits per heavy atom. The predicted octanol–water partition coefficient (Wildman–Crippen LogP) is 3.90. The Labute approximate surface area is 202 Å². The minimum absolute atomic E-state index is 0.183. The first-order valence-corrected chi connectivity index (χ1v) is 11.9. The number of carbonyl (C=O) groups excluding carboxylic acids is 1. The molecule has 6 nitrogen and oxygen atoms in total. The Morgan fingerprint density at radius 2 is 2.13 bits per heavy atom. The van der Waals surface area contributed by atoms with Crippen LogP contribution in [0.4, 0.5) is 4.39 Å². The van der Waals surface area contributed by atoms with Gasteiger partial charge < -0.3 is 9.15 Å². The zero-order valence-corrected chi connectivity index (χ0v) is 20.9. The van der Waals surface area contributed by atoms with Crippen LogP contribution in [0.2, 0.25) is 0 Å². The SMILES string of the molecule is CCOC(=O)C1=C(C)N=c2s/c(=C/c3cc(Br)c(I)o3)c(=O)n2[C@H]1c1ccc(F)cc1. The minimum atomic E-state index is -0.776. The molecule has 0 saturated heterocycles. The van der Waals surface area contributed by atoms with Crippen molar-refractivity contribution in [1.82, 2.24) is 4.57 Å². The third-order valence-corrected chi connectivity index (χ3v) is 7.75. The van der Waals surface area contributed by atoms with Crippen molar-refractivity contribution < 1.29 is 18.3 Å². The van der Waals surface area contributed by atoms with Gasteiger partial charge in [-0.1, -0.05) is 23.5 Å². The van der Waals surface area contributed by atoms with Gasteiger partial charge in [-0.05, 0) is 53.5 Å². The highest BCUT2D eigenvalue weighted by atomic mass is 127. The third-order valence-electron chi connectivity index (χ3n) is 4.64. The number of allylic oxidation sites excluding steroid dienone is 1. The van der Waals surface area contributed by atoms with E-state index in [0.29, 0.717) is 30.1 Å². The highest BCUT2D eigenvalue weighted by Gasteiger charge is 2.33. The van der Waals surface area contributed by atoms with Crippen LogP contribution in [-0.4, -0.2) is 17.1 Å². The Hall–Kier alpha value is -2.05. The van der Waals surface area contributed by atoms with Gasteiger partial charge in [0.2, 0.25) is 0 Å². The molecule has 1 atom stereocenters. The number of benzene rings is 1. The monoisotopic (exact) mass is 616 g/mol. The summed E-state index contributed by atoms with van der Waals surface area (Å²) in [5.41, 5.74) is 0.968. The molecule has 0 aliphatic carbocycles. The van der Waals surface area contributed by atoms with Gasteiger partial charge in [-0.25, -0.2) is 14.2 Å². The number of nitrogens with zero attached hydrogens (tertiary/aromatic N) is 2. The van der Waals surface area contributed by atoms with E-state index in [1.54, 1.807) is 38.1 Å². The van der Waals surface area contributed by atoms with Crippen LogP contribution in [-0.2, 0) is 9.53 Å². The number of fused-ring (bicyclic) bond motifs is 1. The molecule has 0 radical (unpaired) electrons. The summed E-state index contributed by atoms with van der Waals surface area (Å²) < 4.78 is 27.7. The van der Waals surface area contributed by atoms with Crippen LogP contribution in [0.3, 0.4) is 0 Å². The lowest BCUT2D eigenvalue weighted by atomic mass is 9.96. The fourth-order valence-electron chi connectivity index (χ4n) is 3.32. The molecular weight excluding hydrogens is 602 g/mol. The van der Waals surface area contributed by atoms with Gasteiger partial charge in [0.15, 0.2) is 8.57 Å². The van der Waals surface area contributed by atoms with Gasteiger partial charge in [0, 0.05) is 28.7 Å². The summed E-state index contributed by atoms with van der Waals surface area (Å²) in [5, 5.41) is 0. The second-order valence-corrected chi connectivity index (χ2v) is 9.47. The highest BCUT2D eigenvalue weighted by molar-refractivity contribution is 14.1. The highest BCUT2D eigenvalue weighted by Crippen LogP contribution is 2.31. The van der Waals surface area contributed by atoms with Crippen LogP contribution in [0.15, 0.2) is 60.3 Å². The van der Waals surface area contributed by atoms with Gasteiger partial charge in [-0.15, -0.1) is 0 Å². The van der Waals surface area contributed by atoms with Crippen molar-refractivity contribution in [2.75, 3.05) is 6.61 Å². The number of rotatable bonds is 4. The zero-order valence-electron chi connectivity index (χ0n) is 16.3. The molecule has 1 aliphatic rings. The Balaban J connectivity index is 1.96. The van der Waals surface area contributed by atoms with E-state index in [1.807, 2.05) is 22.6 Å². The second kappa shape index (κ2) is 8.83. The molecule has 0 bridgehead atoms. The first-order chi connectivity index (χ1) is 14.8. The van der Waals surface area contributed by atoms with E-state index in [0.717, 1.165) is 4.47 Å². The van der Waals surface area contributed by atoms with Crippen molar-refractivity contribution in [1.29, 1.82) is 0 Å². The van der Waals surface area contributed by atoms with E-state index in [9.17, 15) is 14.0 Å². The van der Waals surface area contributed by atoms with Gasteiger partial charge in [0.25, 0.3) is 5.56 Å². The smallest absolute Gasteiger partial charge is 0.338 e. The van der Waals surface area contributed by atoms with Crippen molar-refractivity contribution in [3.8, 4) is 0 Å². The summed E-state index contributed by atoms with van der Waals surface area (Å²) in [7, 11) is 0. The molecule has 1 aliphatic heterocycles. The van der Waals surface area contributed by atoms with Crippen molar-refractivity contribution in [3.05, 3.63) is 86.7 Å².